The van der Waals surface area contributed by atoms with Gasteiger partial charge in [-0.2, -0.15) is 0 Å². The van der Waals surface area contributed by atoms with E-state index in [1.807, 2.05) is 44.2 Å². The summed E-state index contributed by atoms with van der Waals surface area (Å²) in [6.07, 6.45) is 1.81. The Labute approximate surface area is 297 Å². The van der Waals surface area contributed by atoms with Crippen LogP contribution in [-0.4, -0.2) is 50.9 Å². The van der Waals surface area contributed by atoms with Crippen molar-refractivity contribution in [3.63, 3.8) is 0 Å². The number of carbonyl (C=O) groups excluding carboxylic acids is 2. The molecule has 8 nitrogen and oxygen atoms in total. The predicted octanol–water partition coefficient (Wildman–Crippen LogP) is 7.80. The van der Waals surface area contributed by atoms with Crippen LogP contribution in [0, 0.1) is 0 Å². The van der Waals surface area contributed by atoms with Crippen LogP contribution in [0.4, 0.5) is 5.69 Å². The number of unbranched alkanes of at least 4 members (excludes halogenated alkanes) is 1. The molecule has 48 heavy (non-hydrogen) atoms. The summed E-state index contributed by atoms with van der Waals surface area (Å²) in [4.78, 5) is 29.8. The second-order valence-corrected chi connectivity index (χ2v) is 14.1. The van der Waals surface area contributed by atoms with Crippen molar-refractivity contribution in [2.45, 2.75) is 50.6 Å². The van der Waals surface area contributed by atoms with Gasteiger partial charge in [0.05, 0.1) is 17.2 Å². The van der Waals surface area contributed by atoms with Crippen molar-refractivity contribution >= 4 is 62.3 Å². The molecule has 4 aromatic carbocycles. The highest BCUT2D eigenvalue weighted by molar-refractivity contribution is 7.92. The number of anilines is 1. The van der Waals surface area contributed by atoms with Gasteiger partial charge in [-0.1, -0.05) is 84.5 Å². The first-order valence-corrected chi connectivity index (χ1v) is 18.2. The quantitative estimate of drug-likeness (QED) is 0.119. The average molecular weight is 731 g/mol. The summed E-state index contributed by atoms with van der Waals surface area (Å²) in [6, 6.07) is 25.4. The number of carbonyl (C=O) groups is 2. The molecule has 12 heteroatoms. The third-order valence-electron chi connectivity index (χ3n) is 7.57. The van der Waals surface area contributed by atoms with Crippen LogP contribution < -0.4 is 14.4 Å². The number of amides is 2. The topological polar surface area (TPSA) is 96.0 Å². The lowest BCUT2D eigenvalue weighted by atomic mass is 10.0. The summed E-state index contributed by atoms with van der Waals surface area (Å²) < 4.78 is 35.0. The molecule has 2 amide bonds. The highest BCUT2D eigenvalue weighted by atomic mass is 35.5. The second-order valence-electron chi connectivity index (χ2n) is 11.0. The number of halogens is 3. The molecule has 0 saturated carbocycles. The second kappa shape index (κ2) is 17.6. The fourth-order valence-corrected chi connectivity index (χ4v) is 7.04. The van der Waals surface area contributed by atoms with Crippen molar-refractivity contribution in [3.8, 4) is 5.75 Å². The first-order chi connectivity index (χ1) is 23.0. The van der Waals surface area contributed by atoms with Gasteiger partial charge in [0.1, 0.15) is 18.3 Å². The Morgan fingerprint density at radius 1 is 0.854 bits per heavy atom. The summed E-state index contributed by atoms with van der Waals surface area (Å²) in [6.45, 7) is 4.02. The zero-order chi connectivity index (χ0) is 34.7. The van der Waals surface area contributed by atoms with Gasteiger partial charge in [0.15, 0.2) is 0 Å². The largest absolute Gasteiger partial charge is 0.494 e. The number of ether oxygens (including phenoxy) is 1. The number of rotatable bonds is 16. The van der Waals surface area contributed by atoms with Gasteiger partial charge < -0.3 is 15.0 Å². The van der Waals surface area contributed by atoms with Crippen molar-refractivity contribution in [2.24, 2.45) is 0 Å². The number of hydrogen-bond donors (Lipinski definition) is 1. The Morgan fingerprint density at radius 2 is 1.52 bits per heavy atom. The molecule has 0 heterocycles. The predicted molar refractivity (Wildman–Crippen MR) is 192 cm³/mol. The molecular weight excluding hydrogens is 693 g/mol. The van der Waals surface area contributed by atoms with E-state index in [4.69, 9.17) is 39.5 Å². The molecule has 0 aliphatic carbocycles. The minimum absolute atomic E-state index is 0.0565. The maximum atomic E-state index is 14.6. The van der Waals surface area contributed by atoms with E-state index in [1.54, 1.807) is 42.5 Å². The van der Waals surface area contributed by atoms with Gasteiger partial charge in [-0.15, -0.1) is 0 Å². The van der Waals surface area contributed by atoms with E-state index >= 15 is 0 Å². The molecule has 4 aromatic rings. The number of sulfonamides is 1. The summed E-state index contributed by atoms with van der Waals surface area (Å²) in [5.74, 6) is -0.431. The molecule has 0 saturated heterocycles. The van der Waals surface area contributed by atoms with Crippen molar-refractivity contribution < 1.29 is 22.7 Å². The molecular formula is C36H38Cl3N3O5S. The van der Waals surface area contributed by atoms with Gasteiger partial charge in [-0.3, -0.25) is 13.9 Å². The molecule has 0 fully saturated rings. The normalized spacial score (nSPS) is 11.9. The zero-order valence-electron chi connectivity index (χ0n) is 26.7. The smallest absolute Gasteiger partial charge is 0.264 e. The average Bonchev–Trinajstić information content (AvgIpc) is 3.07. The first kappa shape index (κ1) is 37.1. The number of hydrogen-bond acceptors (Lipinski definition) is 5. The Morgan fingerprint density at radius 3 is 2.15 bits per heavy atom. The monoisotopic (exact) mass is 729 g/mol. The Bertz CT molecular complexity index is 1770. The van der Waals surface area contributed by atoms with Gasteiger partial charge in [0, 0.05) is 34.6 Å². The first-order valence-electron chi connectivity index (χ1n) is 15.6. The zero-order valence-corrected chi connectivity index (χ0v) is 29.8. The van der Waals surface area contributed by atoms with E-state index in [-0.39, 0.29) is 29.5 Å². The van der Waals surface area contributed by atoms with Crippen molar-refractivity contribution in [2.75, 3.05) is 24.0 Å². The summed E-state index contributed by atoms with van der Waals surface area (Å²) in [5.41, 5.74) is 1.60. The number of benzene rings is 4. The lowest BCUT2D eigenvalue weighted by Crippen LogP contribution is -2.53. The van der Waals surface area contributed by atoms with Gasteiger partial charge in [-0.05, 0) is 85.1 Å². The lowest BCUT2D eigenvalue weighted by molar-refractivity contribution is -0.140. The minimum atomic E-state index is -4.29. The molecule has 0 spiro atoms. The van der Waals surface area contributed by atoms with E-state index < -0.39 is 28.5 Å². The summed E-state index contributed by atoms with van der Waals surface area (Å²) >= 11 is 18.8. The fraction of sp³-hybridized carbons (Fsp3) is 0.278. The van der Waals surface area contributed by atoms with Crippen LogP contribution in [0.5, 0.6) is 5.75 Å². The molecule has 0 bridgehead atoms. The Kier molecular flexibility index (Phi) is 13.6. The molecule has 0 aliphatic rings. The number of nitrogens with one attached hydrogen (secondary N) is 1. The third kappa shape index (κ3) is 9.89. The van der Waals surface area contributed by atoms with Crippen LogP contribution in [0.2, 0.25) is 15.1 Å². The van der Waals surface area contributed by atoms with E-state index in [0.717, 1.165) is 22.7 Å². The van der Waals surface area contributed by atoms with Crippen LogP contribution in [0.15, 0.2) is 102 Å². The van der Waals surface area contributed by atoms with Crippen molar-refractivity contribution in [1.29, 1.82) is 0 Å². The SMILES string of the molecule is CCCCNC(=O)[C@@H](Cc1ccccc1)N(Cc1ccc(Cl)cc1Cl)C(=O)CN(c1ccc(OCC)cc1)S(=O)(=O)c1ccc(Cl)cc1. The van der Waals surface area contributed by atoms with E-state index in [0.29, 0.717) is 39.5 Å². The van der Waals surface area contributed by atoms with E-state index in [2.05, 4.69) is 5.32 Å². The van der Waals surface area contributed by atoms with Crippen LogP contribution in [0.1, 0.15) is 37.8 Å². The van der Waals surface area contributed by atoms with Gasteiger partial charge >= 0.3 is 0 Å². The molecule has 254 valence electrons. The molecule has 0 radical (unpaired) electrons. The molecule has 1 N–H and O–H groups in total. The minimum Gasteiger partial charge on any atom is -0.494 e. The highest BCUT2D eigenvalue weighted by Gasteiger charge is 2.35. The van der Waals surface area contributed by atoms with E-state index in [9.17, 15) is 18.0 Å². The summed E-state index contributed by atoms with van der Waals surface area (Å²) in [5, 5.41) is 4.05. The Balaban J connectivity index is 1.81. The maximum absolute atomic E-state index is 14.6. The van der Waals surface area contributed by atoms with Crippen molar-refractivity contribution in [3.05, 3.63) is 123 Å². The fourth-order valence-electron chi connectivity index (χ4n) is 5.03. The summed E-state index contributed by atoms with van der Waals surface area (Å²) in [7, 11) is -4.29. The standard InChI is InChI=1S/C36H38Cl3N3O5S/c1-3-5-21-40-36(44)34(22-26-9-7-6-8-10-26)41(24-27-11-12-29(38)23-33(27)39)35(43)25-42(30-15-17-31(18-16-30)47-4-2)48(45,46)32-19-13-28(37)14-20-32/h6-20,23,34H,3-5,21-22,24-25H2,1-2H3,(H,40,44)/t34-/m1/s1. The van der Waals surface area contributed by atoms with Crippen LogP contribution in [0.25, 0.3) is 0 Å². The van der Waals surface area contributed by atoms with Crippen LogP contribution in [-0.2, 0) is 32.6 Å². The molecule has 0 aromatic heterocycles. The van der Waals surface area contributed by atoms with E-state index in [1.165, 1.54) is 29.2 Å². The maximum Gasteiger partial charge on any atom is 0.264 e. The molecule has 4 rings (SSSR count). The third-order valence-corrected chi connectivity index (χ3v) is 10.2. The van der Waals surface area contributed by atoms with Gasteiger partial charge in [0.25, 0.3) is 10.0 Å². The van der Waals surface area contributed by atoms with Gasteiger partial charge in [-0.25, -0.2) is 8.42 Å². The lowest BCUT2D eigenvalue weighted by Gasteiger charge is -2.34. The van der Waals surface area contributed by atoms with Crippen LogP contribution in [0.3, 0.4) is 0 Å². The van der Waals surface area contributed by atoms with Crippen LogP contribution >= 0.6 is 34.8 Å². The molecule has 1 atom stereocenters. The van der Waals surface area contributed by atoms with Crippen molar-refractivity contribution in [1.82, 2.24) is 10.2 Å². The molecule has 0 unspecified atom stereocenters. The highest BCUT2D eigenvalue weighted by Crippen LogP contribution is 2.29. The number of nitrogens with zero attached hydrogens (tertiary/aromatic N) is 2. The molecule has 0 aliphatic heterocycles. The Hall–Kier alpha value is -3.76. The van der Waals surface area contributed by atoms with Gasteiger partial charge in [0.2, 0.25) is 11.8 Å².